The van der Waals surface area contributed by atoms with Crippen molar-refractivity contribution in [2.24, 2.45) is 0 Å². The predicted molar refractivity (Wildman–Crippen MR) is 100 cm³/mol. The number of H-pyrrole nitrogens is 1. The Bertz CT molecular complexity index is 1250. The first-order chi connectivity index (χ1) is 13.6. The number of aromatic amines is 1. The maximum atomic E-state index is 12.8. The lowest BCUT2D eigenvalue weighted by atomic mass is 10.1. The third kappa shape index (κ3) is 2.61. The molecule has 1 fully saturated rings. The fraction of sp³-hybridized carbons (Fsp3) is 0.278. The zero-order valence-corrected chi connectivity index (χ0v) is 15.1. The van der Waals surface area contributed by atoms with Crippen molar-refractivity contribution < 1.29 is 9.21 Å². The number of hydrogen-bond donors (Lipinski definition) is 1. The van der Waals surface area contributed by atoms with Crippen molar-refractivity contribution in [2.75, 3.05) is 31.1 Å². The van der Waals surface area contributed by atoms with Crippen LogP contribution >= 0.6 is 0 Å². The molecular weight excluding hydrogens is 362 g/mol. The van der Waals surface area contributed by atoms with E-state index in [4.69, 9.17) is 4.42 Å². The van der Waals surface area contributed by atoms with Crippen LogP contribution in [0, 0.1) is 6.92 Å². The van der Waals surface area contributed by atoms with E-state index in [1.165, 1.54) is 0 Å². The Morgan fingerprint density at radius 3 is 2.82 bits per heavy atom. The molecule has 4 heterocycles. The largest absolute Gasteiger partial charge is 0.417 e. The molecule has 0 aliphatic carbocycles. The molecule has 1 amide bonds. The minimum absolute atomic E-state index is 0.0881. The normalized spacial score (nSPS) is 14.9. The molecule has 4 aromatic rings. The number of aromatic nitrogens is 5. The Morgan fingerprint density at radius 1 is 1.18 bits per heavy atom. The maximum absolute atomic E-state index is 12.8. The van der Waals surface area contributed by atoms with Crippen LogP contribution in [-0.4, -0.2) is 61.6 Å². The quantitative estimate of drug-likeness (QED) is 0.549. The second kappa shape index (κ2) is 6.19. The van der Waals surface area contributed by atoms with Crippen molar-refractivity contribution >= 4 is 28.5 Å². The predicted octanol–water partition coefficient (Wildman–Crippen LogP) is 0.830. The molecule has 0 saturated carbocycles. The molecule has 0 radical (unpaired) electrons. The topological polar surface area (TPSA) is 113 Å². The number of carbonyl (C=O) groups excluding carboxylic acids is 1. The second-order valence-corrected chi connectivity index (χ2v) is 6.70. The molecule has 0 bridgehead atoms. The van der Waals surface area contributed by atoms with Crippen molar-refractivity contribution in [3.05, 3.63) is 52.5 Å². The number of anilines is 1. The van der Waals surface area contributed by atoms with E-state index in [2.05, 4.69) is 25.1 Å². The first-order valence-corrected chi connectivity index (χ1v) is 8.93. The monoisotopic (exact) mass is 379 g/mol. The summed E-state index contributed by atoms with van der Waals surface area (Å²) in [5.41, 5.74) is 2.17. The molecule has 0 atom stereocenters. The van der Waals surface area contributed by atoms with Gasteiger partial charge in [0.15, 0.2) is 11.4 Å². The van der Waals surface area contributed by atoms with E-state index < -0.39 is 5.76 Å². The highest BCUT2D eigenvalue weighted by atomic mass is 16.4. The summed E-state index contributed by atoms with van der Waals surface area (Å²) in [6.45, 7) is 4.30. The summed E-state index contributed by atoms with van der Waals surface area (Å²) in [7, 11) is 0. The molecular formula is C18H17N7O3. The number of oxazole rings is 1. The molecule has 1 saturated heterocycles. The summed E-state index contributed by atoms with van der Waals surface area (Å²) in [6, 6.07) is 4.98. The zero-order valence-electron chi connectivity index (χ0n) is 15.1. The van der Waals surface area contributed by atoms with Crippen molar-refractivity contribution in [2.45, 2.75) is 6.92 Å². The van der Waals surface area contributed by atoms with E-state index >= 15 is 0 Å². The lowest BCUT2D eigenvalue weighted by Gasteiger charge is -2.35. The van der Waals surface area contributed by atoms with Gasteiger partial charge in [0.1, 0.15) is 5.82 Å². The van der Waals surface area contributed by atoms with E-state index in [1.54, 1.807) is 29.3 Å². The third-order valence-corrected chi connectivity index (χ3v) is 5.01. The van der Waals surface area contributed by atoms with E-state index in [1.807, 2.05) is 17.5 Å². The molecule has 0 spiro atoms. The average molecular weight is 379 g/mol. The highest BCUT2D eigenvalue weighted by molar-refractivity contribution is 5.97. The SMILES string of the molecule is Cc1nnc2c(N3CCN(C(=O)c4ccc5[nH]c(=O)oc5c4)CC3)nccn12. The molecule has 1 N–H and O–H groups in total. The lowest BCUT2D eigenvalue weighted by Crippen LogP contribution is -2.49. The lowest BCUT2D eigenvalue weighted by molar-refractivity contribution is 0.0746. The van der Waals surface area contributed by atoms with Gasteiger partial charge in [-0.25, -0.2) is 9.78 Å². The van der Waals surface area contributed by atoms with Crippen molar-refractivity contribution in [3.8, 4) is 0 Å². The number of carbonyl (C=O) groups is 1. The van der Waals surface area contributed by atoms with Gasteiger partial charge >= 0.3 is 5.76 Å². The summed E-state index contributed by atoms with van der Waals surface area (Å²) in [5, 5.41) is 8.32. The molecule has 10 heteroatoms. The minimum atomic E-state index is -0.529. The van der Waals surface area contributed by atoms with Gasteiger partial charge in [-0.2, -0.15) is 0 Å². The summed E-state index contributed by atoms with van der Waals surface area (Å²) >= 11 is 0. The smallest absolute Gasteiger partial charge is 0.408 e. The number of hydrogen-bond acceptors (Lipinski definition) is 7. The third-order valence-electron chi connectivity index (χ3n) is 5.01. The van der Waals surface area contributed by atoms with Gasteiger partial charge in [0.05, 0.1) is 5.52 Å². The fourth-order valence-electron chi connectivity index (χ4n) is 3.53. The van der Waals surface area contributed by atoms with Crippen LogP contribution in [0.4, 0.5) is 5.82 Å². The van der Waals surface area contributed by atoms with Gasteiger partial charge in [0.25, 0.3) is 5.91 Å². The van der Waals surface area contributed by atoms with Gasteiger partial charge in [-0.05, 0) is 25.1 Å². The highest BCUT2D eigenvalue weighted by Gasteiger charge is 2.25. The van der Waals surface area contributed by atoms with Crippen LogP contribution in [0.2, 0.25) is 0 Å². The summed E-state index contributed by atoms with van der Waals surface area (Å²) in [6.07, 6.45) is 3.57. The Balaban J connectivity index is 1.34. The first-order valence-electron chi connectivity index (χ1n) is 8.93. The summed E-state index contributed by atoms with van der Waals surface area (Å²) in [5.74, 6) is 0.957. The zero-order chi connectivity index (χ0) is 19.3. The number of benzene rings is 1. The van der Waals surface area contributed by atoms with Crippen LogP contribution in [0.15, 0.2) is 39.8 Å². The van der Waals surface area contributed by atoms with Crippen molar-refractivity contribution in [1.82, 2.24) is 29.5 Å². The molecule has 142 valence electrons. The van der Waals surface area contributed by atoms with Crippen LogP contribution in [0.3, 0.4) is 0 Å². The molecule has 1 aliphatic heterocycles. The standard InChI is InChI=1S/C18H17N7O3/c1-11-21-22-16-15(19-4-5-25(11)16)23-6-8-24(9-7-23)17(26)12-2-3-13-14(10-12)28-18(27)20-13/h2-5,10H,6-9H2,1H3,(H,20,27). The van der Waals surface area contributed by atoms with E-state index in [0.717, 1.165) is 11.6 Å². The second-order valence-electron chi connectivity index (χ2n) is 6.70. The maximum Gasteiger partial charge on any atom is 0.417 e. The first kappa shape index (κ1) is 16.5. The summed E-state index contributed by atoms with van der Waals surface area (Å²) < 4.78 is 6.95. The van der Waals surface area contributed by atoms with Gasteiger partial charge in [0, 0.05) is 44.1 Å². The number of amides is 1. The van der Waals surface area contributed by atoms with Crippen molar-refractivity contribution in [1.29, 1.82) is 0 Å². The van der Waals surface area contributed by atoms with E-state index in [-0.39, 0.29) is 5.91 Å². The molecule has 5 rings (SSSR count). The molecule has 10 nitrogen and oxygen atoms in total. The number of fused-ring (bicyclic) bond motifs is 2. The number of aryl methyl sites for hydroxylation is 1. The average Bonchev–Trinajstić information content (AvgIpc) is 3.28. The van der Waals surface area contributed by atoms with Gasteiger partial charge < -0.3 is 14.2 Å². The molecule has 28 heavy (non-hydrogen) atoms. The van der Waals surface area contributed by atoms with Crippen LogP contribution < -0.4 is 10.7 Å². The van der Waals surface area contributed by atoms with Crippen molar-refractivity contribution in [3.63, 3.8) is 0 Å². The number of nitrogens with zero attached hydrogens (tertiary/aromatic N) is 6. The van der Waals surface area contributed by atoms with Crippen LogP contribution in [-0.2, 0) is 0 Å². The Morgan fingerprint density at radius 2 is 2.00 bits per heavy atom. The van der Waals surface area contributed by atoms with Gasteiger partial charge in [-0.3, -0.25) is 14.2 Å². The summed E-state index contributed by atoms with van der Waals surface area (Å²) in [4.78, 5) is 35.1. The van der Waals surface area contributed by atoms with E-state index in [9.17, 15) is 9.59 Å². The fourth-order valence-corrected chi connectivity index (χ4v) is 3.53. The Kier molecular flexibility index (Phi) is 3.64. The highest BCUT2D eigenvalue weighted by Crippen LogP contribution is 2.20. The Hall–Kier alpha value is -3.69. The van der Waals surface area contributed by atoms with Crippen LogP contribution in [0.1, 0.15) is 16.2 Å². The Labute approximate surface area is 158 Å². The minimum Gasteiger partial charge on any atom is -0.408 e. The molecule has 3 aromatic heterocycles. The molecule has 0 unspecified atom stereocenters. The number of nitrogens with one attached hydrogen (secondary N) is 1. The van der Waals surface area contributed by atoms with Gasteiger partial charge in [0.2, 0.25) is 5.65 Å². The molecule has 1 aliphatic rings. The van der Waals surface area contributed by atoms with E-state index in [0.29, 0.717) is 48.5 Å². The van der Waals surface area contributed by atoms with Crippen LogP contribution in [0.25, 0.3) is 16.7 Å². The van der Waals surface area contributed by atoms with Gasteiger partial charge in [-0.15, -0.1) is 10.2 Å². The van der Waals surface area contributed by atoms with Crippen LogP contribution in [0.5, 0.6) is 0 Å². The number of rotatable bonds is 2. The number of piperazine rings is 1. The van der Waals surface area contributed by atoms with Gasteiger partial charge in [-0.1, -0.05) is 0 Å². The molecule has 1 aromatic carbocycles.